The lowest BCUT2D eigenvalue weighted by Crippen LogP contribution is -2.35. The molecule has 0 saturated carbocycles. The zero-order valence-electron chi connectivity index (χ0n) is 13.7. The van der Waals surface area contributed by atoms with Gasteiger partial charge in [-0.15, -0.1) is 0 Å². The lowest BCUT2D eigenvalue weighted by atomic mass is 10.2. The van der Waals surface area contributed by atoms with E-state index in [9.17, 15) is 9.59 Å². The first kappa shape index (κ1) is 17.5. The summed E-state index contributed by atoms with van der Waals surface area (Å²) in [6.45, 7) is 4.32. The standard InChI is InChI=1S/C18H20N2O4/c1-3-14(24-15-6-4-5-12(2)9-15)11-20-17(21)13-7-8-16(18(22)23)19-10-13/h4-10,14H,3,11H2,1-2H3,(H,20,21)(H,22,23). The number of rotatable bonds is 7. The molecular weight excluding hydrogens is 308 g/mol. The molecule has 0 aliphatic rings. The highest BCUT2D eigenvalue weighted by Gasteiger charge is 2.13. The topological polar surface area (TPSA) is 88.5 Å². The van der Waals surface area contributed by atoms with E-state index in [2.05, 4.69) is 10.3 Å². The SMILES string of the molecule is CCC(CNC(=O)c1ccc(C(=O)O)nc1)Oc1cccc(C)c1. The minimum atomic E-state index is -1.13. The van der Waals surface area contributed by atoms with Crippen LogP contribution in [0.5, 0.6) is 5.75 Å². The Bertz CT molecular complexity index is 713. The van der Waals surface area contributed by atoms with Gasteiger partial charge in [-0.2, -0.15) is 0 Å². The molecule has 6 heteroatoms. The largest absolute Gasteiger partial charge is 0.489 e. The van der Waals surface area contributed by atoms with Gasteiger partial charge in [-0.1, -0.05) is 19.1 Å². The van der Waals surface area contributed by atoms with Crippen molar-refractivity contribution < 1.29 is 19.4 Å². The number of aryl methyl sites for hydroxylation is 1. The zero-order valence-corrected chi connectivity index (χ0v) is 13.7. The third kappa shape index (κ3) is 4.81. The van der Waals surface area contributed by atoms with E-state index in [0.29, 0.717) is 12.1 Å². The van der Waals surface area contributed by atoms with Crippen molar-refractivity contribution in [2.75, 3.05) is 6.54 Å². The molecule has 2 aromatic rings. The van der Waals surface area contributed by atoms with Crippen LogP contribution in [0.2, 0.25) is 0 Å². The molecule has 0 fully saturated rings. The van der Waals surface area contributed by atoms with Crippen LogP contribution in [0.3, 0.4) is 0 Å². The molecule has 0 saturated heterocycles. The number of hydrogen-bond acceptors (Lipinski definition) is 4. The maximum absolute atomic E-state index is 12.1. The van der Waals surface area contributed by atoms with Gasteiger partial charge in [-0.05, 0) is 43.2 Å². The first-order valence-corrected chi connectivity index (χ1v) is 7.70. The quantitative estimate of drug-likeness (QED) is 0.816. The molecule has 0 bridgehead atoms. The Morgan fingerprint density at radius 2 is 2.08 bits per heavy atom. The predicted octanol–water partition coefficient (Wildman–Crippen LogP) is 2.68. The van der Waals surface area contributed by atoms with Crippen molar-refractivity contribution in [2.24, 2.45) is 0 Å². The van der Waals surface area contributed by atoms with Crippen LogP contribution in [0, 0.1) is 6.92 Å². The van der Waals surface area contributed by atoms with Crippen molar-refractivity contribution in [2.45, 2.75) is 26.4 Å². The van der Waals surface area contributed by atoms with Crippen molar-refractivity contribution in [3.63, 3.8) is 0 Å². The molecule has 0 spiro atoms. The number of hydrogen-bond donors (Lipinski definition) is 2. The fourth-order valence-electron chi connectivity index (χ4n) is 2.11. The molecule has 0 radical (unpaired) electrons. The monoisotopic (exact) mass is 328 g/mol. The maximum atomic E-state index is 12.1. The van der Waals surface area contributed by atoms with E-state index >= 15 is 0 Å². The van der Waals surface area contributed by atoms with Crippen molar-refractivity contribution in [3.8, 4) is 5.75 Å². The minimum absolute atomic E-state index is 0.0965. The average Bonchev–Trinajstić information content (AvgIpc) is 2.58. The second-order valence-electron chi connectivity index (χ2n) is 5.41. The number of nitrogens with one attached hydrogen (secondary N) is 1. The Balaban J connectivity index is 1.92. The first-order valence-electron chi connectivity index (χ1n) is 7.70. The third-order valence-electron chi connectivity index (χ3n) is 3.48. The second kappa shape index (κ2) is 8.10. The molecule has 2 N–H and O–H groups in total. The normalized spacial score (nSPS) is 11.6. The van der Waals surface area contributed by atoms with Gasteiger partial charge in [-0.25, -0.2) is 9.78 Å². The van der Waals surface area contributed by atoms with Crippen molar-refractivity contribution >= 4 is 11.9 Å². The number of carboxylic acids is 1. The Labute approximate surface area is 140 Å². The fourth-order valence-corrected chi connectivity index (χ4v) is 2.11. The van der Waals surface area contributed by atoms with E-state index in [-0.39, 0.29) is 17.7 Å². The summed E-state index contributed by atoms with van der Waals surface area (Å²) in [6.07, 6.45) is 1.84. The van der Waals surface area contributed by atoms with Gasteiger partial charge in [0, 0.05) is 6.20 Å². The number of aromatic carboxylic acids is 1. The van der Waals surface area contributed by atoms with E-state index in [1.54, 1.807) is 0 Å². The minimum Gasteiger partial charge on any atom is -0.489 e. The van der Waals surface area contributed by atoms with Gasteiger partial charge < -0.3 is 15.2 Å². The molecule has 0 aliphatic carbocycles. The van der Waals surface area contributed by atoms with Gasteiger partial charge >= 0.3 is 5.97 Å². The highest BCUT2D eigenvalue weighted by molar-refractivity contribution is 5.94. The summed E-state index contributed by atoms with van der Waals surface area (Å²) in [5.74, 6) is -0.672. The van der Waals surface area contributed by atoms with Crippen molar-refractivity contribution in [1.29, 1.82) is 0 Å². The number of ether oxygens (including phenoxy) is 1. The summed E-state index contributed by atoms with van der Waals surface area (Å²) in [7, 11) is 0. The van der Waals surface area contributed by atoms with Crippen LogP contribution < -0.4 is 10.1 Å². The molecule has 1 heterocycles. The average molecular weight is 328 g/mol. The molecule has 1 amide bonds. The fraction of sp³-hybridized carbons (Fsp3) is 0.278. The molecule has 1 unspecified atom stereocenters. The summed E-state index contributed by atoms with van der Waals surface area (Å²) < 4.78 is 5.87. The molecule has 1 aromatic heterocycles. The number of nitrogens with zero attached hydrogens (tertiary/aromatic N) is 1. The Kier molecular flexibility index (Phi) is 5.89. The van der Waals surface area contributed by atoms with Crippen LogP contribution in [0.4, 0.5) is 0 Å². The van der Waals surface area contributed by atoms with Crippen LogP contribution in [0.25, 0.3) is 0 Å². The number of carboxylic acid groups (broad SMARTS) is 1. The lowest BCUT2D eigenvalue weighted by Gasteiger charge is -2.18. The van der Waals surface area contributed by atoms with Crippen molar-refractivity contribution in [1.82, 2.24) is 10.3 Å². The third-order valence-corrected chi connectivity index (χ3v) is 3.48. The molecule has 126 valence electrons. The summed E-state index contributed by atoms with van der Waals surface area (Å²) in [6, 6.07) is 10.5. The second-order valence-corrected chi connectivity index (χ2v) is 5.41. The van der Waals surface area contributed by atoms with Gasteiger partial charge in [0.15, 0.2) is 0 Å². The Hall–Kier alpha value is -2.89. The summed E-state index contributed by atoms with van der Waals surface area (Å²) in [4.78, 5) is 26.6. The van der Waals surface area contributed by atoms with Gasteiger partial charge in [-0.3, -0.25) is 4.79 Å². The smallest absolute Gasteiger partial charge is 0.354 e. The molecule has 0 aliphatic heterocycles. The molecule has 6 nitrogen and oxygen atoms in total. The molecule has 24 heavy (non-hydrogen) atoms. The van der Waals surface area contributed by atoms with Crippen LogP contribution in [-0.4, -0.2) is 34.6 Å². The maximum Gasteiger partial charge on any atom is 0.354 e. The highest BCUT2D eigenvalue weighted by atomic mass is 16.5. The summed E-state index contributed by atoms with van der Waals surface area (Å²) in [5, 5.41) is 11.6. The van der Waals surface area contributed by atoms with Gasteiger partial charge in [0.2, 0.25) is 0 Å². The van der Waals surface area contributed by atoms with Crippen LogP contribution in [-0.2, 0) is 0 Å². The van der Waals surface area contributed by atoms with Gasteiger partial charge in [0.25, 0.3) is 5.91 Å². The number of carbonyl (C=O) groups is 2. The van der Waals surface area contributed by atoms with E-state index in [0.717, 1.165) is 17.7 Å². The Morgan fingerprint density at radius 3 is 2.67 bits per heavy atom. The van der Waals surface area contributed by atoms with E-state index in [1.807, 2.05) is 38.1 Å². The number of benzene rings is 1. The lowest BCUT2D eigenvalue weighted by molar-refractivity contribution is 0.0689. The number of carbonyl (C=O) groups excluding carboxylic acids is 1. The molecule has 1 aromatic carbocycles. The van der Waals surface area contributed by atoms with Crippen molar-refractivity contribution in [3.05, 3.63) is 59.4 Å². The number of amides is 1. The van der Waals surface area contributed by atoms with Crippen LogP contribution in [0.1, 0.15) is 39.8 Å². The zero-order chi connectivity index (χ0) is 17.5. The van der Waals surface area contributed by atoms with E-state index in [4.69, 9.17) is 9.84 Å². The number of pyridine rings is 1. The van der Waals surface area contributed by atoms with Crippen LogP contribution >= 0.6 is 0 Å². The molecule has 2 rings (SSSR count). The van der Waals surface area contributed by atoms with Gasteiger partial charge in [0.05, 0.1) is 12.1 Å². The first-order chi connectivity index (χ1) is 11.5. The van der Waals surface area contributed by atoms with Crippen LogP contribution in [0.15, 0.2) is 42.6 Å². The van der Waals surface area contributed by atoms with E-state index < -0.39 is 5.97 Å². The van der Waals surface area contributed by atoms with E-state index in [1.165, 1.54) is 18.3 Å². The summed E-state index contributed by atoms with van der Waals surface area (Å²) in [5.41, 5.74) is 1.32. The van der Waals surface area contributed by atoms with Gasteiger partial charge in [0.1, 0.15) is 17.5 Å². The highest BCUT2D eigenvalue weighted by Crippen LogP contribution is 2.15. The Morgan fingerprint density at radius 1 is 1.29 bits per heavy atom. The molecule has 1 atom stereocenters. The number of aromatic nitrogens is 1. The predicted molar refractivity (Wildman–Crippen MR) is 89.4 cm³/mol. The summed E-state index contributed by atoms with van der Waals surface area (Å²) >= 11 is 0. The molecular formula is C18H20N2O4.